The van der Waals surface area contributed by atoms with Gasteiger partial charge in [-0.25, -0.2) is 0 Å². The first-order valence-electron chi connectivity index (χ1n) is 5.03. The SMILES string of the molecule is Cc1cc(COc2ccccc2Cl)n(C)n1. The molecule has 84 valence electrons. The van der Waals surface area contributed by atoms with Crippen LogP contribution in [0.3, 0.4) is 0 Å². The van der Waals surface area contributed by atoms with Crippen LogP contribution < -0.4 is 4.74 Å². The van der Waals surface area contributed by atoms with E-state index in [-0.39, 0.29) is 0 Å². The lowest BCUT2D eigenvalue weighted by Crippen LogP contribution is -2.03. The van der Waals surface area contributed by atoms with E-state index in [1.807, 2.05) is 49.0 Å². The number of benzene rings is 1. The Balaban J connectivity index is 2.08. The van der Waals surface area contributed by atoms with Crippen LogP contribution in [0.1, 0.15) is 11.4 Å². The zero-order valence-corrected chi connectivity index (χ0v) is 10.0. The zero-order valence-electron chi connectivity index (χ0n) is 9.27. The Morgan fingerprint density at radius 1 is 1.38 bits per heavy atom. The molecule has 4 heteroatoms. The maximum absolute atomic E-state index is 5.99. The summed E-state index contributed by atoms with van der Waals surface area (Å²) in [6, 6.07) is 9.44. The minimum atomic E-state index is 0.473. The molecule has 0 radical (unpaired) electrons. The lowest BCUT2D eigenvalue weighted by atomic mass is 10.3. The Labute approximate surface area is 99.6 Å². The average molecular weight is 237 g/mol. The molecule has 0 atom stereocenters. The van der Waals surface area contributed by atoms with Crippen molar-refractivity contribution in [3.63, 3.8) is 0 Å². The Kier molecular flexibility index (Phi) is 3.15. The zero-order chi connectivity index (χ0) is 11.5. The summed E-state index contributed by atoms with van der Waals surface area (Å²) in [5.41, 5.74) is 2.01. The Hall–Kier alpha value is -1.48. The molecule has 1 aromatic carbocycles. The van der Waals surface area contributed by atoms with E-state index in [4.69, 9.17) is 16.3 Å². The number of aromatic nitrogens is 2. The van der Waals surface area contributed by atoms with E-state index in [0.717, 1.165) is 11.4 Å². The molecule has 0 bridgehead atoms. The predicted octanol–water partition coefficient (Wildman–Crippen LogP) is 2.96. The number of nitrogens with zero attached hydrogens (tertiary/aromatic N) is 2. The van der Waals surface area contributed by atoms with Crippen molar-refractivity contribution in [1.29, 1.82) is 0 Å². The van der Waals surface area contributed by atoms with E-state index < -0.39 is 0 Å². The summed E-state index contributed by atoms with van der Waals surface area (Å²) in [6.45, 7) is 2.43. The molecule has 2 aromatic rings. The molecule has 0 saturated carbocycles. The van der Waals surface area contributed by atoms with Crippen molar-refractivity contribution in [3.8, 4) is 5.75 Å². The topological polar surface area (TPSA) is 27.1 Å². The van der Waals surface area contributed by atoms with Gasteiger partial charge in [0, 0.05) is 7.05 Å². The van der Waals surface area contributed by atoms with Crippen molar-refractivity contribution in [2.24, 2.45) is 7.05 Å². The number of halogens is 1. The van der Waals surface area contributed by atoms with Crippen molar-refractivity contribution >= 4 is 11.6 Å². The third kappa shape index (κ3) is 2.36. The molecular weight excluding hydrogens is 224 g/mol. The highest BCUT2D eigenvalue weighted by Gasteiger charge is 2.04. The van der Waals surface area contributed by atoms with Crippen LogP contribution in [-0.2, 0) is 13.7 Å². The molecular formula is C12H13ClN2O. The van der Waals surface area contributed by atoms with Gasteiger partial charge in [0.15, 0.2) is 0 Å². The van der Waals surface area contributed by atoms with Crippen LogP contribution >= 0.6 is 11.6 Å². The second kappa shape index (κ2) is 4.58. The predicted molar refractivity (Wildman–Crippen MR) is 63.7 cm³/mol. The van der Waals surface area contributed by atoms with E-state index >= 15 is 0 Å². The molecule has 0 saturated heterocycles. The maximum Gasteiger partial charge on any atom is 0.138 e. The average Bonchev–Trinajstić information content (AvgIpc) is 2.56. The van der Waals surface area contributed by atoms with E-state index in [9.17, 15) is 0 Å². The van der Waals surface area contributed by atoms with Gasteiger partial charge in [-0.1, -0.05) is 23.7 Å². The van der Waals surface area contributed by atoms with Gasteiger partial charge in [-0.3, -0.25) is 4.68 Å². The van der Waals surface area contributed by atoms with Gasteiger partial charge in [0.25, 0.3) is 0 Å². The normalized spacial score (nSPS) is 10.4. The fraction of sp³-hybridized carbons (Fsp3) is 0.250. The Morgan fingerprint density at radius 3 is 2.75 bits per heavy atom. The highest BCUT2D eigenvalue weighted by molar-refractivity contribution is 6.32. The van der Waals surface area contributed by atoms with Gasteiger partial charge in [0.05, 0.1) is 16.4 Å². The monoisotopic (exact) mass is 236 g/mol. The van der Waals surface area contributed by atoms with E-state index in [1.54, 1.807) is 0 Å². The summed E-state index contributed by atoms with van der Waals surface area (Å²) >= 11 is 5.99. The second-order valence-corrected chi connectivity index (χ2v) is 4.03. The van der Waals surface area contributed by atoms with Crippen molar-refractivity contribution < 1.29 is 4.74 Å². The summed E-state index contributed by atoms with van der Waals surface area (Å²) < 4.78 is 7.44. The van der Waals surface area contributed by atoms with Crippen LogP contribution in [0.15, 0.2) is 30.3 Å². The third-order valence-electron chi connectivity index (χ3n) is 2.31. The quantitative estimate of drug-likeness (QED) is 0.819. The molecule has 1 heterocycles. The molecule has 0 aliphatic heterocycles. The second-order valence-electron chi connectivity index (χ2n) is 3.62. The van der Waals surface area contributed by atoms with Crippen molar-refractivity contribution in [2.75, 3.05) is 0 Å². The number of rotatable bonds is 3. The standard InChI is InChI=1S/C12H13ClN2O/c1-9-7-10(15(2)14-9)8-16-12-6-4-3-5-11(12)13/h3-7H,8H2,1-2H3. The Morgan fingerprint density at radius 2 is 2.12 bits per heavy atom. The molecule has 0 amide bonds. The summed E-state index contributed by atoms with van der Waals surface area (Å²) in [4.78, 5) is 0. The molecule has 2 rings (SSSR count). The minimum Gasteiger partial charge on any atom is -0.486 e. The van der Waals surface area contributed by atoms with Crippen LogP contribution in [0.5, 0.6) is 5.75 Å². The molecule has 0 fully saturated rings. The molecule has 0 spiro atoms. The Bertz CT molecular complexity index is 494. The highest BCUT2D eigenvalue weighted by atomic mass is 35.5. The molecule has 0 N–H and O–H groups in total. The number of hydrogen-bond acceptors (Lipinski definition) is 2. The molecule has 1 aromatic heterocycles. The lowest BCUT2D eigenvalue weighted by Gasteiger charge is -2.07. The number of para-hydroxylation sites is 1. The largest absolute Gasteiger partial charge is 0.486 e. The van der Waals surface area contributed by atoms with Gasteiger partial charge in [0.1, 0.15) is 12.4 Å². The number of hydrogen-bond donors (Lipinski definition) is 0. The van der Waals surface area contributed by atoms with Gasteiger partial charge in [-0.2, -0.15) is 5.10 Å². The van der Waals surface area contributed by atoms with Crippen LogP contribution in [0.25, 0.3) is 0 Å². The number of ether oxygens (including phenoxy) is 1. The summed E-state index contributed by atoms with van der Waals surface area (Å²) in [5, 5.41) is 4.88. The maximum atomic E-state index is 5.99. The van der Waals surface area contributed by atoms with Crippen molar-refractivity contribution in [1.82, 2.24) is 9.78 Å². The van der Waals surface area contributed by atoms with Crippen molar-refractivity contribution in [2.45, 2.75) is 13.5 Å². The number of aryl methyl sites for hydroxylation is 2. The van der Waals surface area contributed by atoms with E-state index in [0.29, 0.717) is 17.4 Å². The van der Waals surface area contributed by atoms with Crippen LogP contribution in [0.4, 0.5) is 0 Å². The van der Waals surface area contributed by atoms with Crippen LogP contribution in [-0.4, -0.2) is 9.78 Å². The van der Waals surface area contributed by atoms with Crippen LogP contribution in [0.2, 0.25) is 5.02 Å². The lowest BCUT2D eigenvalue weighted by molar-refractivity contribution is 0.295. The first kappa shape index (κ1) is 11.0. The molecule has 0 aliphatic rings. The molecule has 0 unspecified atom stereocenters. The molecule has 3 nitrogen and oxygen atoms in total. The van der Waals surface area contributed by atoms with E-state index in [2.05, 4.69) is 5.10 Å². The third-order valence-corrected chi connectivity index (χ3v) is 2.62. The summed E-state index contributed by atoms with van der Waals surface area (Å²) in [5.74, 6) is 0.697. The van der Waals surface area contributed by atoms with E-state index in [1.165, 1.54) is 0 Å². The molecule has 0 aliphatic carbocycles. The van der Waals surface area contributed by atoms with Gasteiger partial charge < -0.3 is 4.74 Å². The summed E-state index contributed by atoms with van der Waals surface area (Å²) in [6.07, 6.45) is 0. The summed E-state index contributed by atoms with van der Waals surface area (Å²) in [7, 11) is 1.90. The highest BCUT2D eigenvalue weighted by Crippen LogP contribution is 2.23. The van der Waals surface area contributed by atoms with Gasteiger partial charge in [0.2, 0.25) is 0 Å². The fourth-order valence-electron chi connectivity index (χ4n) is 1.51. The smallest absolute Gasteiger partial charge is 0.138 e. The first-order valence-corrected chi connectivity index (χ1v) is 5.41. The fourth-order valence-corrected chi connectivity index (χ4v) is 1.70. The van der Waals surface area contributed by atoms with Crippen LogP contribution in [0, 0.1) is 6.92 Å². The van der Waals surface area contributed by atoms with Gasteiger partial charge in [-0.15, -0.1) is 0 Å². The minimum absolute atomic E-state index is 0.473. The first-order chi connectivity index (χ1) is 7.66. The van der Waals surface area contributed by atoms with Crippen molar-refractivity contribution in [3.05, 3.63) is 46.7 Å². The van der Waals surface area contributed by atoms with Gasteiger partial charge in [-0.05, 0) is 25.1 Å². The molecule has 16 heavy (non-hydrogen) atoms. The van der Waals surface area contributed by atoms with Gasteiger partial charge >= 0.3 is 0 Å².